The zero-order valence-corrected chi connectivity index (χ0v) is 13.6. The number of ether oxygens (including phenoxy) is 1. The molecule has 2 aromatic heterocycles. The van der Waals surface area contributed by atoms with Gasteiger partial charge in [0, 0.05) is 23.7 Å². The Hall–Kier alpha value is -1.73. The second kappa shape index (κ2) is 6.18. The van der Waals surface area contributed by atoms with Crippen LogP contribution in [0.5, 0.6) is 0 Å². The quantitative estimate of drug-likeness (QED) is 0.803. The standard InChI is InChI=1S/C15H19N3O3S/c1-10-9-22-15-16-11(7-13(19)18(10)15)8-17-6-4-3-5-12(17)14(20)21-2/h7,9,12H,3-6,8H2,1-2H3/t12-/m0/s1. The van der Waals surface area contributed by atoms with E-state index in [1.165, 1.54) is 18.4 Å². The second-order valence-electron chi connectivity index (χ2n) is 5.59. The first-order valence-electron chi connectivity index (χ1n) is 7.39. The summed E-state index contributed by atoms with van der Waals surface area (Å²) in [5.41, 5.74) is 1.54. The molecule has 1 fully saturated rings. The summed E-state index contributed by atoms with van der Waals surface area (Å²) in [5, 5.41) is 1.92. The summed E-state index contributed by atoms with van der Waals surface area (Å²) in [7, 11) is 1.42. The Morgan fingerprint density at radius 2 is 2.32 bits per heavy atom. The third kappa shape index (κ3) is 2.78. The molecule has 118 valence electrons. The van der Waals surface area contributed by atoms with Gasteiger partial charge in [-0.1, -0.05) is 6.42 Å². The smallest absolute Gasteiger partial charge is 0.323 e. The lowest BCUT2D eigenvalue weighted by atomic mass is 10.0. The molecule has 1 saturated heterocycles. The van der Waals surface area contributed by atoms with E-state index in [-0.39, 0.29) is 17.6 Å². The van der Waals surface area contributed by atoms with Crippen LogP contribution in [0, 0.1) is 6.92 Å². The van der Waals surface area contributed by atoms with Gasteiger partial charge in [-0.2, -0.15) is 0 Å². The van der Waals surface area contributed by atoms with Gasteiger partial charge in [0.25, 0.3) is 5.56 Å². The maximum atomic E-state index is 12.2. The van der Waals surface area contributed by atoms with Gasteiger partial charge in [0.05, 0.1) is 12.8 Å². The molecule has 1 aliphatic heterocycles. The van der Waals surface area contributed by atoms with Crippen molar-refractivity contribution in [2.75, 3.05) is 13.7 Å². The largest absolute Gasteiger partial charge is 0.468 e. The zero-order valence-electron chi connectivity index (χ0n) is 12.7. The van der Waals surface area contributed by atoms with E-state index in [1.54, 1.807) is 10.5 Å². The van der Waals surface area contributed by atoms with Crippen molar-refractivity contribution in [1.29, 1.82) is 0 Å². The fraction of sp³-hybridized carbons (Fsp3) is 0.533. The van der Waals surface area contributed by atoms with E-state index in [9.17, 15) is 9.59 Å². The normalized spacial score (nSPS) is 19.5. The molecule has 0 bridgehead atoms. The fourth-order valence-corrected chi connectivity index (χ4v) is 3.86. The molecule has 3 heterocycles. The molecule has 6 nitrogen and oxygen atoms in total. The second-order valence-corrected chi connectivity index (χ2v) is 6.42. The van der Waals surface area contributed by atoms with Crippen LogP contribution >= 0.6 is 11.3 Å². The lowest BCUT2D eigenvalue weighted by Crippen LogP contribution is -2.44. The highest BCUT2D eigenvalue weighted by atomic mass is 32.1. The van der Waals surface area contributed by atoms with Crippen molar-refractivity contribution < 1.29 is 9.53 Å². The molecule has 7 heteroatoms. The van der Waals surface area contributed by atoms with Crippen molar-refractivity contribution in [3.05, 3.63) is 33.2 Å². The summed E-state index contributed by atoms with van der Waals surface area (Å²) >= 11 is 1.46. The number of esters is 1. The number of thiazole rings is 1. The maximum Gasteiger partial charge on any atom is 0.323 e. The first-order chi connectivity index (χ1) is 10.6. The molecular weight excluding hydrogens is 302 g/mol. The highest BCUT2D eigenvalue weighted by Crippen LogP contribution is 2.20. The van der Waals surface area contributed by atoms with Crippen LogP contribution in [0.1, 0.15) is 30.7 Å². The average molecular weight is 321 g/mol. The maximum absolute atomic E-state index is 12.2. The molecule has 1 atom stereocenters. The van der Waals surface area contributed by atoms with E-state index >= 15 is 0 Å². The van der Waals surface area contributed by atoms with Gasteiger partial charge in [0.15, 0.2) is 4.96 Å². The fourth-order valence-electron chi connectivity index (χ4n) is 2.97. The number of piperidine rings is 1. The summed E-state index contributed by atoms with van der Waals surface area (Å²) < 4.78 is 6.50. The minimum absolute atomic E-state index is 0.0645. The number of hydrogen-bond acceptors (Lipinski definition) is 6. The van der Waals surface area contributed by atoms with Gasteiger partial charge in [-0.25, -0.2) is 4.98 Å². The van der Waals surface area contributed by atoms with Crippen molar-refractivity contribution in [2.45, 2.75) is 38.8 Å². The Balaban J connectivity index is 1.88. The Kier molecular flexibility index (Phi) is 4.26. The van der Waals surface area contributed by atoms with Crippen LogP contribution in [-0.4, -0.2) is 40.0 Å². The van der Waals surface area contributed by atoms with Gasteiger partial charge in [-0.3, -0.25) is 18.9 Å². The molecule has 0 aliphatic carbocycles. The number of carbonyl (C=O) groups excluding carboxylic acids is 1. The number of rotatable bonds is 3. The summed E-state index contributed by atoms with van der Waals surface area (Å²) in [4.78, 5) is 31.4. The Morgan fingerprint density at radius 3 is 3.09 bits per heavy atom. The van der Waals surface area contributed by atoms with E-state index < -0.39 is 0 Å². The summed E-state index contributed by atoms with van der Waals surface area (Å²) in [5.74, 6) is -0.204. The van der Waals surface area contributed by atoms with Gasteiger partial charge in [0.2, 0.25) is 0 Å². The first kappa shape index (κ1) is 15.2. The van der Waals surface area contributed by atoms with Crippen molar-refractivity contribution in [3.8, 4) is 0 Å². The van der Waals surface area contributed by atoms with Gasteiger partial charge in [-0.15, -0.1) is 11.3 Å². The van der Waals surface area contributed by atoms with Crippen LogP contribution < -0.4 is 5.56 Å². The van der Waals surface area contributed by atoms with E-state index in [2.05, 4.69) is 9.88 Å². The van der Waals surface area contributed by atoms with Crippen molar-refractivity contribution in [2.24, 2.45) is 0 Å². The molecule has 22 heavy (non-hydrogen) atoms. The predicted octanol–water partition coefficient (Wildman–Crippen LogP) is 1.59. The van der Waals surface area contributed by atoms with Crippen LogP contribution in [-0.2, 0) is 16.1 Å². The van der Waals surface area contributed by atoms with E-state index in [4.69, 9.17) is 4.74 Å². The first-order valence-corrected chi connectivity index (χ1v) is 8.27. The Bertz CT molecular complexity index is 752. The van der Waals surface area contributed by atoms with Crippen LogP contribution in [0.25, 0.3) is 4.96 Å². The van der Waals surface area contributed by atoms with Gasteiger partial charge < -0.3 is 4.74 Å². The van der Waals surface area contributed by atoms with Crippen LogP contribution in [0.3, 0.4) is 0 Å². The van der Waals surface area contributed by atoms with Gasteiger partial charge in [0.1, 0.15) is 6.04 Å². The lowest BCUT2D eigenvalue weighted by Gasteiger charge is -2.33. The predicted molar refractivity (Wildman–Crippen MR) is 84.1 cm³/mol. The molecule has 3 rings (SSSR count). The molecular formula is C15H19N3O3S. The summed E-state index contributed by atoms with van der Waals surface area (Å²) in [6, 6.07) is 1.33. The minimum atomic E-state index is -0.232. The molecule has 0 unspecified atom stereocenters. The number of aryl methyl sites for hydroxylation is 1. The summed E-state index contributed by atoms with van der Waals surface area (Å²) in [6.45, 7) is 3.22. The molecule has 1 aliphatic rings. The topological polar surface area (TPSA) is 63.9 Å². The molecule has 0 saturated carbocycles. The van der Waals surface area contributed by atoms with Crippen molar-refractivity contribution in [1.82, 2.24) is 14.3 Å². The lowest BCUT2D eigenvalue weighted by molar-refractivity contribution is -0.148. The number of methoxy groups -OCH3 is 1. The Labute approximate surface area is 132 Å². The van der Waals surface area contributed by atoms with E-state index in [0.717, 1.165) is 31.5 Å². The molecule has 0 radical (unpaired) electrons. The number of carbonyl (C=O) groups is 1. The highest BCUT2D eigenvalue weighted by molar-refractivity contribution is 7.15. The van der Waals surface area contributed by atoms with E-state index in [1.807, 2.05) is 12.3 Å². The number of likely N-dealkylation sites (tertiary alicyclic amines) is 1. The average Bonchev–Trinajstić information content (AvgIpc) is 2.89. The third-order valence-electron chi connectivity index (χ3n) is 4.08. The van der Waals surface area contributed by atoms with Crippen molar-refractivity contribution >= 4 is 22.3 Å². The number of hydrogen-bond donors (Lipinski definition) is 0. The number of fused-ring (bicyclic) bond motifs is 1. The molecule has 0 spiro atoms. The zero-order chi connectivity index (χ0) is 15.7. The third-order valence-corrected chi connectivity index (χ3v) is 5.02. The van der Waals surface area contributed by atoms with Gasteiger partial charge in [-0.05, 0) is 26.3 Å². The summed E-state index contributed by atoms with van der Waals surface area (Å²) in [6.07, 6.45) is 2.87. The highest BCUT2D eigenvalue weighted by Gasteiger charge is 2.29. The molecule has 0 N–H and O–H groups in total. The van der Waals surface area contributed by atoms with Crippen LogP contribution in [0.2, 0.25) is 0 Å². The number of nitrogens with zero attached hydrogens (tertiary/aromatic N) is 3. The Morgan fingerprint density at radius 1 is 1.50 bits per heavy atom. The SMILES string of the molecule is COC(=O)[C@@H]1CCCCN1Cc1cc(=O)n2c(C)csc2n1. The molecule has 0 aromatic carbocycles. The van der Waals surface area contributed by atoms with Crippen LogP contribution in [0.15, 0.2) is 16.2 Å². The molecule has 0 amide bonds. The van der Waals surface area contributed by atoms with E-state index in [0.29, 0.717) is 17.2 Å². The monoisotopic (exact) mass is 321 g/mol. The molecule has 2 aromatic rings. The number of aromatic nitrogens is 2. The van der Waals surface area contributed by atoms with Gasteiger partial charge >= 0.3 is 5.97 Å². The minimum Gasteiger partial charge on any atom is -0.468 e. The van der Waals surface area contributed by atoms with Crippen LogP contribution in [0.4, 0.5) is 0 Å². The van der Waals surface area contributed by atoms with Crippen molar-refractivity contribution in [3.63, 3.8) is 0 Å².